The SMILES string of the molecule is CCOCCN(CC)c1cc(C)c(N)c(C(=O)OC)c1. The zero-order chi connectivity index (χ0) is 15.1. The van der Waals surface area contributed by atoms with Crippen molar-refractivity contribution in [3.63, 3.8) is 0 Å². The second kappa shape index (κ2) is 7.75. The van der Waals surface area contributed by atoms with Crippen molar-refractivity contribution in [2.45, 2.75) is 20.8 Å². The maximum atomic E-state index is 11.8. The minimum atomic E-state index is -0.409. The summed E-state index contributed by atoms with van der Waals surface area (Å²) in [5, 5.41) is 0. The summed E-state index contributed by atoms with van der Waals surface area (Å²) in [5.41, 5.74) is 8.67. The fourth-order valence-corrected chi connectivity index (χ4v) is 2.03. The Morgan fingerprint density at radius 3 is 2.60 bits per heavy atom. The highest BCUT2D eigenvalue weighted by Gasteiger charge is 2.15. The van der Waals surface area contributed by atoms with E-state index < -0.39 is 5.97 Å². The molecule has 5 nitrogen and oxygen atoms in total. The molecule has 0 radical (unpaired) electrons. The zero-order valence-electron chi connectivity index (χ0n) is 12.7. The van der Waals surface area contributed by atoms with Crippen LogP contribution >= 0.6 is 0 Å². The van der Waals surface area contributed by atoms with Gasteiger partial charge in [0.15, 0.2) is 0 Å². The molecule has 0 heterocycles. The predicted molar refractivity (Wildman–Crippen MR) is 81.3 cm³/mol. The maximum absolute atomic E-state index is 11.8. The third-order valence-electron chi connectivity index (χ3n) is 3.23. The summed E-state index contributed by atoms with van der Waals surface area (Å²) < 4.78 is 10.2. The number of ether oxygens (including phenoxy) is 2. The lowest BCUT2D eigenvalue weighted by atomic mass is 10.1. The summed E-state index contributed by atoms with van der Waals surface area (Å²) in [7, 11) is 1.36. The number of carbonyl (C=O) groups is 1. The van der Waals surface area contributed by atoms with Gasteiger partial charge in [0.1, 0.15) is 0 Å². The standard InChI is InChI=1S/C15H24N2O3/c1-5-17(7-8-20-6-2)12-9-11(3)14(16)13(10-12)15(18)19-4/h9-10H,5-8,16H2,1-4H3. The van der Waals surface area contributed by atoms with E-state index in [1.165, 1.54) is 7.11 Å². The molecule has 0 saturated heterocycles. The van der Waals surface area contributed by atoms with Crippen molar-refractivity contribution in [1.29, 1.82) is 0 Å². The molecule has 0 aliphatic heterocycles. The maximum Gasteiger partial charge on any atom is 0.340 e. The van der Waals surface area contributed by atoms with Crippen molar-refractivity contribution < 1.29 is 14.3 Å². The number of hydrogen-bond donors (Lipinski definition) is 1. The van der Waals surface area contributed by atoms with Crippen LogP contribution in [0.15, 0.2) is 12.1 Å². The second-order valence-electron chi connectivity index (χ2n) is 4.49. The number of aryl methyl sites for hydroxylation is 1. The minimum absolute atomic E-state index is 0.409. The summed E-state index contributed by atoms with van der Waals surface area (Å²) in [6.45, 7) is 8.88. The predicted octanol–water partition coefficient (Wildman–Crippen LogP) is 2.23. The molecule has 0 amide bonds. The summed E-state index contributed by atoms with van der Waals surface area (Å²) >= 11 is 0. The molecule has 0 saturated carbocycles. The molecular formula is C15H24N2O3. The first-order valence-electron chi connectivity index (χ1n) is 6.86. The molecule has 0 fully saturated rings. The van der Waals surface area contributed by atoms with Crippen LogP contribution in [-0.4, -0.2) is 39.4 Å². The monoisotopic (exact) mass is 280 g/mol. The van der Waals surface area contributed by atoms with Crippen molar-refractivity contribution in [3.8, 4) is 0 Å². The second-order valence-corrected chi connectivity index (χ2v) is 4.49. The van der Waals surface area contributed by atoms with Crippen LogP contribution in [0.2, 0.25) is 0 Å². The van der Waals surface area contributed by atoms with Gasteiger partial charge in [0, 0.05) is 31.1 Å². The van der Waals surface area contributed by atoms with Crippen LogP contribution in [0, 0.1) is 6.92 Å². The van der Waals surface area contributed by atoms with Gasteiger partial charge in [0.25, 0.3) is 0 Å². The van der Waals surface area contributed by atoms with E-state index in [0.29, 0.717) is 24.5 Å². The van der Waals surface area contributed by atoms with Crippen molar-refractivity contribution in [1.82, 2.24) is 0 Å². The van der Waals surface area contributed by atoms with Crippen LogP contribution in [0.3, 0.4) is 0 Å². The van der Waals surface area contributed by atoms with Crippen molar-refractivity contribution in [3.05, 3.63) is 23.3 Å². The zero-order valence-corrected chi connectivity index (χ0v) is 12.7. The van der Waals surface area contributed by atoms with Crippen LogP contribution in [0.4, 0.5) is 11.4 Å². The molecule has 5 heteroatoms. The first kappa shape index (κ1) is 16.3. The smallest absolute Gasteiger partial charge is 0.340 e. The van der Waals surface area contributed by atoms with E-state index >= 15 is 0 Å². The molecule has 0 bridgehead atoms. The van der Waals surface area contributed by atoms with E-state index in [9.17, 15) is 4.79 Å². The average Bonchev–Trinajstić information content (AvgIpc) is 2.45. The molecule has 1 rings (SSSR count). The highest BCUT2D eigenvalue weighted by atomic mass is 16.5. The molecule has 1 aromatic carbocycles. The fourth-order valence-electron chi connectivity index (χ4n) is 2.03. The average molecular weight is 280 g/mol. The molecule has 0 atom stereocenters. The summed E-state index contributed by atoms with van der Waals surface area (Å²) in [6.07, 6.45) is 0. The topological polar surface area (TPSA) is 64.8 Å². The number of benzene rings is 1. The number of nitrogens with zero attached hydrogens (tertiary/aromatic N) is 1. The van der Waals surface area contributed by atoms with Crippen molar-refractivity contribution in [2.75, 3.05) is 44.0 Å². The number of anilines is 2. The highest BCUT2D eigenvalue weighted by molar-refractivity contribution is 5.97. The largest absolute Gasteiger partial charge is 0.465 e. The molecule has 2 N–H and O–H groups in total. The summed E-state index contributed by atoms with van der Waals surface area (Å²) in [4.78, 5) is 13.9. The van der Waals surface area contributed by atoms with Gasteiger partial charge in [0.05, 0.1) is 19.3 Å². The van der Waals surface area contributed by atoms with E-state index in [-0.39, 0.29) is 0 Å². The van der Waals surface area contributed by atoms with Crippen LogP contribution in [0.1, 0.15) is 29.8 Å². The normalized spacial score (nSPS) is 10.4. The molecule has 112 valence electrons. The van der Waals surface area contributed by atoms with Gasteiger partial charge in [-0.25, -0.2) is 4.79 Å². The third-order valence-corrected chi connectivity index (χ3v) is 3.23. The van der Waals surface area contributed by atoms with Gasteiger partial charge in [-0.3, -0.25) is 0 Å². The summed E-state index contributed by atoms with van der Waals surface area (Å²) in [5.74, 6) is -0.409. The molecule has 1 aromatic rings. The Morgan fingerprint density at radius 1 is 1.35 bits per heavy atom. The van der Waals surface area contributed by atoms with Gasteiger partial charge in [0.2, 0.25) is 0 Å². The van der Waals surface area contributed by atoms with Gasteiger partial charge >= 0.3 is 5.97 Å². The number of hydrogen-bond acceptors (Lipinski definition) is 5. The Hall–Kier alpha value is -1.75. The number of likely N-dealkylation sites (N-methyl/N-ethyl adjacent to an activating group) is 1. The molecule has 20 heavy (non-hydrogen) atoms. The Bertz CT molecular complexity index is 461. The number of rotatable bonds is 7. The van der Waals surface area contributed by atoms with E-state index in [1.807, 2.05) is 19.9 Å². The van der Waals surface area contributed by atoms with Crippen molar-refractivity contribution >= 4 is 17.3 Å². The number of carbonyl (C=O) groups excluding carboxylic acids is 1. The minimum Gasteiger partial charge on any atom is -0.465 e. The van der Waals surface area contributed by atoms with Crippen LogP contribution in [-0.2, 0) is 9.47 Å². The fraction of sp³-hybridized carbons (Fsp3) is 0.533. The van der Waals surface area contributed by atoms with Crippen LogP contribution in [0.5, 0.6) is 0 Å². The molecule has 0 aliphatic carbocycles. The molecule has 0 aliphatic rings. The Balaban J connectivity index is 3.04. The summed E-state index contributed by atoms with van der Waals surface area (Å²) in [6, 6.07) is 3.76. The third kappa shape index (κ3) is 3.87. The van der Waals surface area contributed by atoms with E-state index in [2.05, 4.69) is 11.8 Å². The van der Waals surface area contributed by atoms with Crippen LogP contribution in [0.25, 0.3) is 0 Å². The molecule has 0 aromatic heterocycles. The first-order chi connectivity index (χ1) is 9.54. The van der Waals surface area contributed by atoms with Gasteiger partial charge in [-0.15, -0.1) is 0 Å². The lowest BCUT2D eigenvalue weighted by Crippen LogP contribution is -2.27. The van der Waals surface area contributed by atoms with E-state index in [0.717, 1.165) is 24.3 Å². The van der Waals surface area contributed by atoms with Gasteiger partial charge < -0.3 is 20.1 Å². The Morgan fingerprint density at radius 2 is 2.05 bits per heavy atom. The lowest BCUT2D eigenvalue weighted by molar-refractivity contribution is 0.0602. The highest BCUT2D eigenvalue weighted by Crippen LogP contribution is 2.26. The van der Waals surface area contributed by atoms with Gasteiger partial charge in [-0.05, 0) is 38.5 Å². The van der Waals surface area contributed by atoms with Gasteiger partial charge in [-0.1, -0.05) is 0 Å². The number of nitrogen functional groups attached to an aromatic ring is 1. The van der Waals surface area contributed by atoms with Gasteiger partial charge in [-0.2, -0.15) is 0 Å². The van der Waals surface area contributed by atoms with E-state index in [4.69, 9.17) is 15.2 Å². The quantitative estimate of drug-likeness (QED) is 0.471. The Labute approximate surface area is 120 Å². The molecule has 0 spiro atoms. The number of nitrogens with two attached hydrogens (primary N) is 1. The molecule has 0 unspecified atom stereocenters. The van der Waals surface area contributed by atoms with Crippen LogP contribution < -0.4 is 10.6 Å². The number of methoxy groups -OCH3 is 1. The lowest BCUT2D eigenvalue weighted by Gasteiger charge is -2.24. The van der Waals surface area contributed by atoms with Crippen molar-refractivity contribution in [2.24, 2.45) is 0 Å². The molecular weight excluding hydrogens is 256 g/mol. The first-order valence-corrected chi connectivity index (χ1v) is 6.86. The Kier molecular flexibility index (Phi) is 6.31. The number of esters is 1. The van der Waals surface area contributed by atoms with E-state index in [1.54, 1.807) is 6.07 Å².